The lowest BCUT2D eigenvalue weighted by atomic mass is 9.89. The van der Waals surface area contributed by atoms with Crippen LogP contribution in [0.4, 0.5) is 0 Å². The monoisotopic (exact) mass is 241 g/mol. The molecule has 1 aliphatic rings. The summed E-state index contributed by atoms with van der Waals surface area (Å²) in [5.74, 6) is 0.521. The van der Waals surface area contributed by atoms with Crippen LogP contribution in [-0.4, -0.2) is 28.0 Å². The van der Waals surface area contributed by atoms with Crippen LogP contribution in [0.2, 0.25) is 0 Å². The number of halogens is 1. The van der Waals surface area contributed by atoms with Crippen molar-refractivity contribution in [1.29, 1.82) is 0 Å². The second kappa shape index (κ2) is 5.34. The Morgan fingerprint density at radius 3 is 2.88 bits per heavy atom. The molecule has 1 aromatic rings. The third-order valence-electron chi connectivity index (χ3n) is 3.09. The maximum atomic E-state index is 11.6. The lowest BCUT2D eigenvalue weighted by molar-refractivity contribution is 0.0944. The van der Waals surface area contributed by atoms with Gasteiger partial charge in [0.05, 0.1) is 11.8 Å². The highest BCUT2D eigenvalue weighted by Gasteiger charge is 2.20. The Bertz CT molecular complexity index is 331. The van der Waals surface area contributed by atoms with E-state index >= 15 is 0 Å². The van der Waals surface area contributed by atoms with Crippen LogP contribution in [0.25, 0.3) is 0 Å². The predicted octanol–water partition coefficient (Wildman–Crippen LogP) is 1.94. The Balaban J connectivity index is 1.73. The number of rotatable bonds is 3. The first-order chi connectivity index (χ1) is 7.75. The van der Waals surface area contributed by atoms with Gasteiger partial charge in [-0.1, -0.05) is 0 Å². The van der Waals surface area contributed by atoms with Crippen LogP contribution in [0.5, 0.6) is 0 Å². The van der Waals surface area contributed by atoms with E-state index in [2.05, 4.69) is 15.5 Å². The first-order valence-electron chi connectivity index (χ1n) is 5.66. The number of aromatic amines is 1. The zero-order valence-corrected chi connectivity index (χ0v) is 9.83. The Morgan fingerprint density at radius 2 is 2.25 bits per heavy atom. The van der Waals surface area contributed by atoms with E-state index in [1.165, 1.54) is 6.20 Å². The molecule has 0 aliphatic heterocycles. The molecule has 2 N–H and O–H groups in total. The molecule has 0 aromatic carbocycles. The number of amides is 1. The van der Waals surface area contributed by atoms with Crippen LogP contribution in [0, 0.1) is 5.92 Å². The lowest BCUT2D eigenvalue weighted by Crippen LogP contribution is -2.31. The fraction of sp³-hybridized carbons (Fsp3) is 0.636. The molecule has 0 bridgehead atoms. The van der Waals surface area contributed by atoms with Gasteiger partial charge in [-0.15, -0.1) is 11.6 Å². The summed E-state index contributed by atoms with van der Waals surface area (Å²) in [4.78, 5) is 11.6. The first-order valence-corrected chi connectivity index (χ1v) is 6.10. The smallest absolute Gasteiger partial charge is 0.254 e. The van der Waals surface area contributed by atoms with Gasteiger partial charge in [0.1, 0.15) is 0 Å². The average molecular weight is 242 g/mol. The number of aromatic nitrogens is 2. The molecular formula is C11H16ClN3O. The van der Waals surface area contributed by atoms with Crippen LogP contribution in [0.3, 0.4) is 0 Å². The molecule has 1 aliphatic carbocycles. The number of nitrogens with zero attached hydrogens (tertiary/aromatic N) is 1. The third-order valence-corrected chi connectivity index (χ3v) is 3.52. The van der Waals surface area contributed by atoms with Crippen molar-refractivity contribution in [3.63, 3.8) is 0 Å². The standard InChI is InChI=1S/C11H16ClN3O/c12-10-3-1-8(2-4-10)5-13-11(16)9-6-14-15-7-9/h6-8,10H,1-5H2,(H,13,16)(H,14,15). The molecule has 5 heteroatoms. The molecule has 4 nitrogen and oxygen atoms in total. The van der Waals surface area contributed by atoms with E-state index in [9.17, 15) is 4.79 Å². The van der Waals surface area contributed by atoms with Gasteiger partial charge in [-0.2, -0.15) is 5.10 Å². The molecule has 88 valence electrons. The second-order valence-electron chi connectivity index (χ2n) is 4.32. The molecule has 0 radical (unpaired) electrons. The minimum absolute atomic E-state index is 0.0539. The quantitative estimate of drug-likeness (QED) is 0.795. The van der Waals surface area contributed by atoms with Crippen LogP contribution in [0.15, 0.2) is 12.4 Å². The number of hydrogen-bond donors (Lipinski definition) is 2. The predicted molar refractivity (Wildman–Crippen MR) is 62.5 cm³/mol. The van der Waals surface area contributed by atoms with Gasteiger partial charge < -0.3 is 5.32 Å². The molecule has 2 rings (SSSR count). The molecule has 1 fully saturated rings. The zero-order valence-electron chi connectivity index (χ0n) is 9.08. The molecule has 0 saturated heterocycles. The summed E-state index contributed by atoms with van der Waals surface area (Å²) in [6.45, 7) is 0.744. The largest absolute Gasteiger partial charge is 0.352 e. The van der Waals surface area contributed by atoms with Crippen LogP contribution < -0.4 is 5.32 Å². The number of carbonyl (C=O) groups is 1. The molecule has 0 unspecified atom stereocenters. The summed E-state index contributed by atoms with van der Waals surface area (Å²) in [5, 5.41) is 9.63. The normalized spacial score (nSPS) is 25.3. The lowest BCUT2D eigenvalue weighted by Gasteiger charge is -2.24. The summed E-state index contributed by atoms with van der Waals surface area (Å²) < 4.78 is 0. The van der Waals surface area contributed by atoms with Crippen molar-refractivity contribution in [3.05, 3.63) is 18.0 Å². The van der Waals surface area contributed by atoms with Crippen molar-refractivity contribution in [2.24, 2.45) is 5.92 Å². The number of carbonyl (C=O) groups excluding carboxylic acids is 1. The SMILES string of the molecule is O=C(NCC1CCC(Cl)CC1)c1cn[nH]c1. The summed E-state index contributed by atoms with van der Waals surface area (Å²) in [6, 6.07) is 0. The van der Waals surface area contributed by atoms with Gasteiger partial charge in [0.2, 0.25) is 0 Å². The minimum Gasteiger partial charge on any atom is -0.352 e. The molecule has 1 heterocycles. The van der Waals surface area contributed by atoms with E-state index in [-0.39, 0.29) is 5.91 Å². The van der Waals surface area contributed by atoms with Crippen LogP contribution in [-0.2, 0) is 0 Å². The van der Waals surface area contributed by atoms with Crippen molar-refractivity contribution >= 4 is 17.5 Å². The molecule has 1 amide bonds. The van der Waals surface area contributed by atoms with E-state index in [0.717, 1.165) is 32.2 Å². The zero-order chi connectivity index (χ0) is 11.4. The summed E-state index contributed by atoms with van der Waals surface area (Å²) >= 11 is 6.03. The van der Waals surface area contributed by atoms with E-state index < -0.39 is 0 Å². The Kier molecular flexibility index (Phi) is 3.83. The summed E-state index contributed by atoms with van der Waals surface area (Å²) in [7, 11) is 0. The number of nitrogens with one attached hydrogen (secondary N) is 2. The van der Waals surface area contributed by atoms with Crippen molar-refractivity contribution < 1.29 is 4.79 Å². The van der Waals surface area contributed by atoms with Gasteiger partial charge in [-0.05, 0) is 31.6 Å². The highest BCUT2D eigenvalue weighted by molar-refractivity contribution is 6.20. The van der Waals surface area contributed by atoms with Gasteiger partial charge >= 0.3 is 0 Å². The van der Waals surface area contributed by atoms with Gasteiger partial charge in [0, 0.05) is 18.1 Å². The Morgan fingerprint density at radius 1 is 1.50 bits per heavy atom. The van der Waals surface area contributed by atoms with Gasteiger partial charge in [0.15, 0.2) is 0 Å². The van der Waals surface area contributed by atoms with Crippen LogP contribution in [0.1, 0.15) is 36.0 Å². The second-order valence-corrected chi connectivity index (χ2v) is 4.93. The molecule has 0 spiro atoms. The summed E-state index contributed by atoms with van der Waals surface area (Å²) in [6.07, 6.45) is 7.48. The topological polar surface area (TPSA) is 57.8 Å². The maximum Gasteiger partial charge on any atom is 0.254 e. The van der Waals surface area contributed by atoms with Crippen molar-refractivity contribution in [1.82, 2.24) is 15.5 Å². The van der Waals surface area contributed by atoms with Gasteiger partial charge in [-0.25, -0.2) is 0 Å². The van der Waals surface area contributed by atoms with E-state index in [0.29, 0.717) is 16.9 Å². The maximum absolute atomic E-state index is 11.6. The molecule has 16 heavy (non-hydrogen) atoms. The number of alkyl halides is 1. The third kappa shape index (κ3) is 2.98. The highest BCUT2D eigenvalue weighted by atomic mass is 35.5. The van der Waals surface area contributed by atoms with E-state index in [4.69, 9.17) is 11.6 Å². The first kappa shape index (κ1) is 11.5. The van der Waals surface area contributed by atoms with Crippen molar-refractivity contribution in [2.45, 2.75) is 31.1 Å². The Hall–Kier alpha value is -1.03. The van der Waals surface area contributed by atoms with E-state index in [1.807, 2.05) is 0 Å². The average Bonchev–Trinajstić information content (AvgIpc) is 2.81. The van der Waals surface area contributed by atoms with Crippen molar-refractivity contribution in [3.8, 4) is 0 Å². The molecule has 1 aromatic heterocycles. The fourth-order valence-electron chi connectivity index (χ4n) is 2.04. The molecular weight excluding hydrogens is 226 g/mol. The molecule has 0 atom stereocenters. The number of H-pyrrole nitrogens is 1. The summed E-state index contributed by atoms with van der Waals surface area (Å²) in [5.41, 5.74) is 0.589. The molecule has 1 saturated carbocycles. The van der Waals surface area contributed by atoms with Gasteiger partial charge in [0.25, 0.3) is 5.91 Å². The highest BCUT2D eigenvalue weighted by Crippen LogP contribution is 2.26. The van der Waals surface area contributed by atoms with Crippen molar-refractivity contribution in [2.75, 3.05) is 6.54 Å². The van der Waals surface area contributed by atoms with Crippen LogP contribution >= 0.6 is 11.6 Å². The van der Waals surface area contributed by atoms with E-state index in [1.54, 1.807) is 6.20 Å². The fourth-order valence-corrected chi connectivity index (χ4v) is 2.29. The minimum atomic E-state index is -0.0539. The van der Waals surface area contributed by atoms with Gasteiger partial charge in [-0.3, -0.25) is 9.89 Å². The Labute approximate surface area is 99.8 Å². The number of hydrogen-bond acceptors (Lipinski definition) is 2.